The van der Waals surface area contributed by atoms with E-state index in [0.29, 0.717) is 0 Å². The molecule has 0 radical (unpaired) electrons. The highest BCUT2D eigenvalue weighted by Gasteiger charge is 2.16. The minimum atomic E-state index is 0.0695. The maximum absolute atomic E-state index is 3.99. The lowest BCUT2D eigenvalue weighted by Gasteiger charge is -2.20. The number of rotatable bonds is 2. The van der Waals surface area contributed by atoms with Gasteiger partial charge >= 0.3 is 0 Å². The third kappa shape index (κ3) is 2.71. The van der Waals surface area contributed by atoms with Crippen molar-refractivity contribution in [2.45, 2.75) is 27.7 Å². The Morgan fingerprint density at radius 3 is 1.91 bits per heavy atom. The molecule has 0 saturated heterocycles. The molecule has 0 rings (SSSR count). The van der Waals surface area contributed by atoms with Crippen molar-refractivity contribution in [3.8, 4) is 0 Å². The van der Waals surface area contributed by atoms with Gasteiger partial charge in [-0.3, -0.25) is 4.99 Å². The first kappa shape index (κ1) is 10.2. The molecule has 0 bridgehead atoms. The maximum Gasteiger partial charge on any atom is 0.0478 e. The first-order valence-corrected chi connectivity index (χ1v) is 3.74. The molecule has 0 aromatic carbocycles. The maximum atomic E-state index is 3.99. The Kier molecular flexibility index (Phi) is 3.24. The summed E-state index contributed by atoms with van der Waals surface area (Å²) in [5.41, 5.74) is 2.19. The van der Waals surface area contributed by atoms with Crippen LogP contribution in [0.15, 0.2) is 28.9 Å². The third-order valence-electron chi connectivity index (χ3n) is 1.55. The molecule has 62 valence electrons. The summed E-state index contributed by atoms with van der Waals surface area (Å²) in [4.78, 5) is 3.99. The molecule has 0 unspecified atom stereocenters. The lowest BCUT2D eigenvalue weighted by atomic mass is 9.89. The van der Waals surface area contributed by atoms with Crippen molar-refractivity contribution < 1.29 is 0 Å². The van der Waals surface area contributed by atoms with Gasteiger partial charge in [0.25, 0.3) is 0 Å². The first-order valence-electron chi connectivity index (χ1n) is 3.74. The fourth-order valence-electron chi connectivity index (χ4n) is 1.05. The van der Waals surface area contributed by atoms with Crippen LogP contribution in [0.2, 0.25) is 0 Å². The predicted octanol–water partition coefficient (Wildman–Crippen LogP) is 3.19. The molecule has 0 N–H and O–H groups in total. The highest BCUT2D eigenvalue weighted by atomic mass is 14.7. The highest BCUT2D eigenvalue weighted by molar-refractivity contribution is 5.35. The van der Waals surface area contributed by atoms with Crippen molar-refractivity contribution in [3.05, 3.63) is 23.9 Å². The monoisotopic (exact) mass is 151 g/mol. The largest absolute Gasteiger partial charge is 0.268 e. The van der Waals surface area contributed by atoms with E-state index < -0.39 is 0 Å². The van der Waals surface area contributed by atoms with E-state index in [1.165, 1.54) is 0 Å². The molecule has 0 aliphatic heterocycles. The summed E-state index contributed by atoms with van der Waals surface area (Å²) in [7, 11) is 0. The van der Waals surface area contributed by atoms with Gasteiger partial charge in [-0.05, 0) is 19.2 Å². The van der Waals surface area contributed by atoms with Crippen LogP contribution in [0.3, 0.4) is 0 Å². The summed E-state index contributed by atoms with van der Waals surface area (Å²) in [5.74, 6) is 0. The Labute approximate surface area is 69.5 Å². The van der Waals surface area contributed by atoms with E-state index in [4.69, 9.17) is 0 Å². The van der Waals surface area contributed by atoms with E-state index in [2.05, 4.69) is 39.1 Å². The van der Waals surface area contributed by atoms with Crippen LogP contribution in [0.5, 0.6) is 0 Å². The van der Waals surface area contributed by atoms with E-state index in [1.54, 1.807) is 0 Å². The smallest absolute Gasteiger partial charge is 0.0478 e. The minimum absolute atomic E-state index is 0.0695. The average Bonchev–Trinajstić information content (AvgIpc) is 1.86. The van der Waals surface area contributed by atoms with Crippen molar-refractivity contribution in [2.24, 2.45) is 10.4 Å². The van der Waals surface area contributed by atoms with Gasteiger partial charge in [0.15, 0.2) is 0 Å². The molecule has 0 aliphatic carbocycles. The Hall–Kier alpha value is -0.850. The van der Waals surface area contributed by atoms with E-state index in [9.17, 15) is 0 Å². The summed E-state index contributed by atoms with van der Waals surface area (Å²) in [5, 5.41) is 0. The third-order valence-corrected chi connectivity index (χ3v) is 1.55. The van der Waals surface area contributed by atoms with Crippen molar-refractivity contribution >= 4 is 6.72 Å². The van der Waals surface area contributed by atoms with Crippen molar-refractivity contribution in [3.63, 3.8) is 0 Å². The lowest BCUT2D eigenvalue weighted by Crippen LogP contribution is -2.08. The van der Waals surface area contributed by atoms with Crippen LogP contribution in [-0.2, 0) is 0 Å². The fraction of sp³-hybridized carbons (Fsp3) is 0.500. The van der Waals surface area contributed by atoms with Gasteiger partial charge in [0.2, 0.25) is 0 Å². The van der Waals surface area contributed by atoms with Gasteiger partial charge in [-0.15, -0.1) is 0 Å². The number of nitrogens with zero attached hydrogens (tertiary/aromatic N) is 1. The molecule has 0 fully saturated rings. The minimum Gasteiger partial charge on any atom is -0.268 e. The SMILES string of the molecule is C=C/C(C)=C(\N=C)C(C)(C)C. The van der Waals surface area contributed by atoms with Crippen LogP contribution in [0.4, 0.5) is 0 Å². The summed E-state index contributed by atoms with van der Waals surface area (Å²) in [6.07, 6.45) is 1.81. The predicted molar refractivity (Wildman–Crippen MR) is 51.9 cm³/mol. The summed E-state index contributed by atoms with van der Waals surface area (Å²) in [6, 6.07) is 0. The van der Waals surface area contributed by atoms with Crippen LogP contribution in [0.1, 0.15) is 27.7 Å². The number of aliphatic imine (C=N–C) groups is 1. The Morgan fingerprint density at radius 1 is 1.36 bits per heavy atom. The van der Waals surface area contributed by atoms with Gasteiger partial charge in [0.1, 0.15) is 0 Å². The molecule has 0 atom stereocenters. The van der Waals surface area contributed by atoms with E-state index in [1.807, 2.05) is 13.0 Å². The normalized spacial score (nSPS) is 13.8. The number of hydrogen-bond acceptors (Lipinski definition) is 1. The molecule has 0 amide bonds. The summed E-state index contributed by atoms with van der Waals surface area (Å²) < 4.78 is 0. The summed E-state index contributed by atoms with van der Waals surface area (Å²) in [6.45, 7) is 15.6. The molecular weight excluding hydrogens is 134 g/mol. The van der Waals surface area contributed by atoms with E-state index >= 15 is 0 Å². The molecule has 1 heteroatoms. The first-order chi connectivity index (χ1) is 4.93. The zero-order valence-corrected chi connectivity index (χ0v) is 7.94. The number of allylic oxidation sites excluding steroid dienone is 3. The van der Waals surface area contributed by atoms with Crippen molar-refractivity contribution in [1.82, 2.24) is 0 Å². The van der Waals surface area contributed by atoms with E-state index in [-0.39, 0.29) is 5.41 Å². The molecule has 0 aliphatic rings. The van der Waals surface area contributed by atoms with Crippen LogP contribution < -0.4 is 0 Å². The average molecular weight is 151 g/mol. The van der Waals surface area contributed by atoms with Gasteiger partial charge < -0.3 is 0 Å². The second-order valence-corrected chi connectivity index (χ2v) is 3.64. The molecule has 0 heterocycles. The zero-order chi connectivity index (χ0) is 9.07. The Balaban J connectivity index is 4.95. The second-order valence-electron chi connectivity index (χ2n) is 3.64. The molecule has 0 saturated carbocycles. The molecule has 0 aromatic heterocycles. The van der Waals surface area contributed by atoms with Crippen LogP contribution in [-0.4, -0.2) is 6.72 Å². The fourth-order valence-corrected chi connectivity index (χ4v) is 1.05. The molecule has 11 heavy (non-hydrogen) atoms. The van der Waals surface area contributed by atoms with Gasteiger partial charge in [0.05, 0.1) is 0 Å². The zero-order valence-electron chi connectivity index (χ0n) is 7.94. The lowest BCUT2D eigenvalue weighted by molar-refractivity contribution is 0.495. The topological polar surface area (TPSA) is 12.4 Å². The molecule has 0 aromatic rings. The second kappa shape index (κ2) is 3.51. The summed E-state index contributed by atoms with van der Waals surface area (Å²) >= 11 is 0. The Bertz CT molecular complexity index is 191. The van der Waals surface area contributed by atoms with Gasteiger partial charge in [0, 0.05) is 11.1 Å². The van der Waals surface area contributed by atoms with Crippen LogP contribution >= 0.6 is 0 Å². The quantitative estimate of drug-likeness (QED) is 0.424. The van der Waals surface area contributed by atoms with Crippen LogP contribution in [0.25, 0.3) is 0 Å². The van der Waals surface area contributed by atoms with Gasteiger partial charge in [-0.25, -0.2) is 0 Å². The van der Waals surface area contributed by atoms with Crippen molar-refractivity contribution in [1.29, 1.82) is 0 Å². The number of hydrogen-bond donors (Lipinski definition) is 0. The standard InChI is InChI=1S/C10H17N/c1-7-8(2)9(11-6)10(3,4)5/h7H,1,6H2,2-5H3/b9-8-. The van der Waals surface area contributed by atoms with Gasteiger partial charge in [-0.2, -0.15) is 0 Å². The molecule has 1 nitrogen and oxygen atoms in total. The van der Waals surface area contributed by atoms with Crippen LogP contribution in [0, 0.1) is 5.41 Å². The molecule has 0 spiro atoms. The Morgan fingerprint density at radius 2 is 1.82 bits per heavy atom. The molecular formula is C10H17N. The van der Waals surface area contributed by atoms with Crippen molar-refractivity contribution in [2.75, 3.05) is 0 Å². The van der Waals surface area contributed by atoms with Gasteiger partial charge in [-0.1, -0.05) is 33.4 Å². The highest BCUT2D eigenvalue weighted by Crippen LogP contribution is 2.28. The van der Waals surface area contributed by atoms with E-state index in [0.717, 1.165) is 11.3 Å².